The van der Waals surface area contributed by atoms with Gasteiger partial charge in [0.2, 0.25) is 0 Å². The third-order valence-electron chi connectivity index (χ3n) is 4.44. The van der Waals surface area contributed by atoms with E-state index in [1.54, 1.807) is 0 Å². The Kier molecular flexibility index (Phi) is 4.81. The Hall–Kier alpha value is -1.35. The van der Waals surface area contributed by atoms with Crippen molar-refractivity contribution in [2.24, 2.45) is 5.92 Å². The summed E-state index contributed by atoms with van der Waals surface area (Å²) in [7, 11) is 0. The first-order chi connectivity index (χ1) is 9.47. The molecular formula is C17H25NO2. The van der Waals surface area contributed by atoms with Crippen molar-refractivity contribution in [2.75, 3.05) is 13.1 Å². The van der Waals surface area contributed by atoms with Gasteiger partial charge in [-0.2, -0.15) is 0 Å². The summed E-state index contributed by atoms with van der Waals surface area (Å²) in [5.41, 5.74) is 3.99. The number of hydrogen-bond acceptors (Lipinski definition) is 2. The summed E-state index contributed by atoms with van der Waals surface area (Å²) in [5.74, 6) is -0.370. The standard InChI is InChI=1S/C17H25NO2/c1-12-6-7-16(13(2)9-12)14(3)18-8-4-5-15(11-18)10-17(19)20/h6-7,9,14-15H,4-5,8,10-11H2,1-3H3,(H,19,20). The highest BCUT2D eigenvalue weighted by molar-refractivity contribution is 5.67. The van der Waals surface area contributed by atoms with Crippen LogP contribution in [0.1, 0.15) is 48.9 Å². The van der Waals surface area contributed by atoms with E-state index in [-0.39, 0.29) is 0 Å². The van der Waals surface area contributed by atoms with Crippen molar-refractivity contribution in [2.45, 2.75) is 46.1 Å². The minimum Gasteiger partial charge on any atom is -0.481 e. The molecule has 1 aromatic rings. The number of carboxylic acids is 1. The van der Waals surface area contributed by atoms with E-state index in [1.165, 1.54) is 16.7 Å². The number of hydrogen-bond donors (Lipinski definition) is 1. The zero-order valence-electron chi connectivity index (χ0n) is 12.7. The molecule has 110 valence electrons. The SMILES string of the molecule is Cc1ccc(C(C)N2CCCC(CC(=O)O)C2)c(C)c1. The molecule has 2 rings (SSSR count). The normalized spacial score (nSPS) is 21.6. The van der Waals surface area contributed by atoms with Crippen molar-refractivity contribution >= 4 is 5.97 Å². The topological polar surface area (TPSA) is 40.5 Å². The number of carboxylic acid groups (broad SMARTS) is 1. The Bertz CT molecular complexity index is 484. The highest BCUT2D eigenvalue weighted by atomic mass is 16.4. The van der Waals surface area contributed by atoms with Gasteiger partial charge in [-0.25, -0.2) is 0 Å². The molecule has 0 aromatic heterocycles. The van der Waals surface area contributed by atoms with E-state index in [4.69, 9.17) is 5.11 Å². The van der Waals surface area contributed by atoms with Crippen molar-refractivity contribution in [1.29, 1.82) is 0 Å². The highest BCUT2D eigenvalue weighted by Gasteiger charge is 2.26. The van der Waals surface area contributed by atoms with E-state index >= 15 is 0 Å². The van der Waals surface area contributed by atoms with Crippen molar-refractivity contribution < 1.29 is 9.90 Å². The minimum atomic E-state index is -0.670. The van der Waals surface area contributed by atoms with E-state index in [1.807, 2.05) is 0 Å². The Morgan fingerprint density at radius 1 is 1.45 bits per heavy atom. The molecule has 1 saturated heterocycles. The maximum Gasteiger partial charge on any atom is 0.303 e. The predicted octanol–water partition coefficient (Wildman–Crippen LogP) is 3.55. The molecule has 0 saturated carbocycles. The Labute approximate surface area is 121 Å². The fraction of sp³-hybridized carbons (Fsp3) is 0.588. The number of carbonyl (C=O) groups is 1. The molecule has 1 aliphatic heterocycles. The van der Waals surface area contributed by atoms with Crippen molar-refractivity contribution in [3.05, 3.63) is 34.9 Å². The fourth-order valence-corrected chi connectivity index (χ4v) is 3.35. The molecule has 0 bridgehead atoms. The molecule has 1 N–H and O–H groups in total. The van der Waals surface area contributed by atoms with E-state index in [2.05, 4.69) is 43.9 Å². The molecule has 2 unspecified atom stereocenters. The fourth-order valence-electron chi connectivity index (χ4n) is 3.35. The van der Waals surface area contributed by atoms with Gasteiger partial charge in [0.15, 0.2) is 0 Å². The van der Waals surface area contributed by atoms with Crippen LogP contribution in [0.5, 0.6) is 0 Å². The number of rotatable bonds is 4. The van der Waals surface area contributed by atoms with Crippen molar-refractivity contribution in [3.8, 4) is 0 Å². The maximum atomic E-state index is 10.9. The first kappa shape index (κ1) is 15.0. The summed E-state index contributed by atoms with van der Waals surface area (Å²) in [6.45, 7) is 8.49. The monoisotopic (exact) mass is 275 g/mol. The summed E-state index contributed by atoms with van der Waals surface area (Å²) in [6.07, 6.45) is 2.45. The predicted molar refractivity (Wildman–Crippen MR) is 80.9 cm³/mol. The molecule has 20 heavy (non-hydrogen) atoms. The smallest absolute Gasteiger partial charge is 0.303 e. The first-order valence-electron chi connectivity index (χ1n) is 7.50. The lowest BCUT2D eigenvalue weighted by atomic mass is 9.91. The third-order valence-corrected chi connectivity index (χ3v) is 4.44. The molecule has 3 heteroatoms. The van der Waals surface area contributed by atoms with Crippen LogP contribution in [0, 0.1) is 19.8 Å². The van der Waals surface area contributed by atoms with Crippen LogP contribution in [0.15, 0.2) is 18.2 Å². The van der Waals surface area contributed by atoms with Crippen molar-refractivity contribution in [3.63, 3.8) is 0 Å². The average molecular weight is 275 g/mol. The molecule has 1 fully saturated rings. The number of piperidine rings is 1. The summed E-state index contributed by atoms with van der Waals surface area (Å²) >= 11 is 0. The van der Waals surface area contributed by atoms with E-state index < -0.39 is 5.97 Å². The van der Waals surface area contributed by atoms with Gasteiger partial charge < -0.3 is 5.11 Å². The van der Waals surface area contributed by atoms with Crippen molar-refractivity contribution in [1.82, 2.24) is 4.90 Å². The van der Waals surface area contributed by atoms with Crippen LogP contribution in [-0.4, -0.2) is 29.1 Å². The van der Waals surface area contributed by atoms with Gasteiger partial charge >= 0.3 is 5.97 Å². The maximum absolute atomic E-state index is 10.9. The zero-order chi connectivity index (χ0) is 14.7. The lowest BCUT2D eigenvalue weighted by Crippen LogP contribution is -2.38. The lowest BCUT2D eigenvalue weighted by Gasteiger charge is -2.37. The van der Waals surface area contributed by atoms with Crippen LogP contribution in [0.4, 0.5) is 0 Å². The molecule has 0 aliphatic carbocycles. The molecule has 2 atom stereocenters. The Balaban J connectivity index is 2.08. The van der Waals surface area contributed by atoms with E-state index in [0.717, 1.165) is 25.9 Å². The highest BCUT2D eigenvalue weighted by Crippen LogP contribution is 2.29. The Morgan fingerprint density at radius 2 is 2.20 bits per heavy atom. The average Bonchev–Trinajstić information content (AvgIpc) is 2.37. The quantitative estimate of drug-likeness (QED) is 0.913. The van der Waals surface area contributed by atoms with Crippen LogP contribution in [-0.2, 0) is 4.79 Å². The van der Waals surface area contributed by atoms with Gasteiger partial charge in [0, 0.05) is 19.0 Å². The molecule has 3 nitrogen and oxygen atoms in total. The van der Waals surface area contributed by atoms with Gasteiger partial charge in [0.1, 0.15) is 0 Å². The molecule has 1 aromatic carbocycles. The van der Waals surface area contributed by atoms with Gasteiger partial charge in [0.25, 0.3) is 0 Å². The summed E-state index contributed by atoms with van der Waals surface area (Å²) in [6, 6.07) is 6.98. The molecular weight excluding hydrogens is 250 g/mol. The van der Waals surface area contributed by atoms with Gasteiger partial charge in [-0.1, -0.05) is 23.8 Å². The number of benzene rings is 1. The second kappa shape index (κ2) is 6.40. The van der Waals surface area contributed by atoms with E-state index in [0.29, 0.717) is 18.4 Å². The largest absolute Gasteiger partial charge is 0.481 e. The lowest BCUT2D eigenvalue weighted by molar-refractivity contribution is -0.138. The third kappa shape index (κ3) is 3.60. The number of likely N-dealkylation sites (tertiary alicyclic amines) is 1. The van der Waals surface area contributed by atoms with Gasteiger partial charge in [-0.15, -0.1) is 0 Å². The number of aryl methyl sites for hydroxylation is 2. The van der Waals surface area contributed by atoms with Gasteiger partial charge in [-0.05, 0) is 57.2 Å². The molecule has 0 spiro atoms. The van der Waals surface area contributed by atoms with Crippen LogP contribution in [0.3, 0.4) is 0 Å². The second-order valence-electron chi connectivity index (χ2n) is 6.14. The summed E-state index contributed by atoms with van der Waals surface area (Å²) < 4.78 is 0. The summed E-state index contributed by atoms with van der Waals surface area (Å²) in [4.78, 5) is 13.3. The van der Waals surface area contributed by atoms with E-state index in [9.17, 15) is 4.79 Å². The minimum absolute atomic E-state index is 0.300. The van der Waals surface area contributed by atoms with Crippen LogP contribution >= 0.6 is 0 Å². The molecule has 1 heterocycles. The van der Waals surface area contributed by atoms with Gasteiger partial charge in [-0.3, -0.25) is 9.69 Å². The first-order valence-corrected chi connectivity index (χ1v) is 7.50. The zero-order valence-corrected chi connectivity index (χ0v) is 12.7. The molecule has 0 amide bonds. The van der Waals surface area contributed by atoms with Crippen LogP contribution in [0.25, 0.3) is 0 Å². The molecule has 0 radical (unpaired) electrons. The second-order valence-corrected chi connectivity index (χ2v) is 6.14. The van der Waals surface area contributed by atoms with Crippen LogP contribution < -0.4 is 0 Å². The molecule has 1 aliphatic rings. The summed E-state index contributed by atoms with van der Waals surface area (Å²) in [5, 5.41) is 8.96. The Morgan fingerprint density at radius 3 is 2.85 bits per heavy atom. The van der Waals surface area contributed by atoms with Gasteiger partial charge in [0.05, 0.1) is 0 Å². The number of aliphatic carboxylic acids is 1. The number of nitrogens with zero attached hydrogens (tertiary/aromatic N) is 1. The van der Waals surface area contributed by atoms with Crippen LogP contribution in [0.2, 0.25) is 0 Å².